The Kier molecular flexibility index (Phi) is 3.88. The van der Waals surface area contributed by atoms with E-state index in [1.54, 1.807) is 30.3 Å². The zero-order valence-electron chi connectivity index (χ0n) is 39.0. The Labute approximate surface area is 277 Å². The van der Waals surface area contributed by atoms with Crippen LogP contribution in [-0.2, 0) is 0 Å². The standard InChI is InChI=1S/C43H32/c1-31-19-21-33(22-20-31)37-12-6-16-41(28-37)43-18-8-14-39(30-43)35-25-23-34(24-26-35)38-13-7-17-42(29-38)40-15-5-11-36(27-40)32-9-3-2-4-10-32/h2-30H,1H3/i2D,3D,4D,5D,6D,9D,10D,11D,12D,15D,16D,19D,20D,21D,22D,27D. The van der Waals surface area contributed by atoms with Gasteiger partial charge in [-0.05, 0) is 97.9 Å². The molecule has 0 atom stereocenters. The van der Waals surface area contributed by atoms with Crippen molar-refractivity contribution < 1.29 is 21.9 Å². The van der Waals surface area contributed by atoms with Gasteiger partial charge in [-0.15, -0.1) is 0 Å². The Morgan fingerprint density at radius 1 is 0.326 bits per heavy atom. The third-order valence-electron chi connectivity index (χ3n) is 6.95. The SMILES string of the molecule is [2H]c1c(-c2cccc(-c3ccc(-c4cccc(-c5c([2H])c([2H])c([2H])c(-c6c([2H])c([2H])c([2H])c([2H])c6[2H])c5[2H])c4)cc3)c2)cc(-c2c([2H])c([2H])c(C)c([2H])c2[2H])c([2H])c1[2H]. The van der Waals surface area contributed by atoms with Crippen molar-refractivity contribution in [2.45, 2.75) is 6.92 Å². The van der Waals surface area contributed by atoms with Crippen molar-refractivity contribution in [2.24, 2.45) is 0 Å². The lowest BCUT2D eigenvalue weighted by atomic mass is 9.94. The van der Waals surface area contributed by atoms with Crippen LogP contribution in [0.25, 0.3) is 66.8 Å². The zero-order valence-corrected chi connectivity index (χ0v) is 23.0. The smallest absolute Gasteiger partial charge is 0.0622 e. The van der Waals surface area contributed by atoms with Crippen molar-refractivity contribution in [1.29, 1.82) is 0 Å². The highest BCUT2D eigenvalue weighted by molar-refractivity contribution is 5.80. The van der Waals surface area contributed by atoms with Crippen LogP contribution in [0.4, 0.5) is 0 Å². The van der Waals surface area contributed by atoms with Crippen LogP contribution in [0, 0.1) is 6.92 Å². The van der Waals surface area contributed by atoms with Gasteiger partial charge >= 0.3 is 0 Å². The van der Waals surface area contributed by atoms with Crippen molar-refractivity contribution in [3.63, 3.8) is 0 Å². The highest BCUT2D eigenvalue weighted by Gasteiger charge is 2.07. The normalized spacial score (nSPS) is 16.1. The fourth-order valence-electron chi connectivity index (χ4n) is 4.75. The molecule has 0 nitrogen and oxygen atoms in total. The average Bonchev–Trinajstić information content (AvgIpc) is 3.24. The fourth-order valence-corrected chi connectivity index (χ4v) is 4.75. The van der Waals surface area contributed by atoms with Crippen LogP contribution >= 0.6 is 0 Å². The van der Waals surface area contributed by atoms with Crippen molar-refractivity contribution in [1.82, 2.24) is 0 Å². The Balaban J connectivity index is 1.27. The molecular formula is C43H32. The second kappa shape index (κ2) is 11.8. The first-order valence-electron chi connectivity index (χ1n) is 21.5. The van der Waals surface area contributed by atoms with Crippen molar-refractivity contribution in [3.05, 3.63) is 181 Å². The summed E-state index contributed by atoms with van der Waals surface area (Å²) in [5.74, 6) is 0. The van der Waals surface area contributed by atoms with Crippen LogP contribution in [0.2, 0.25) is 0 Å². The molecule has 0 heteroatoms. The van der Waals surface area contributed by atoms with Gasteiger partial charge in [0.2, 0.25) is 0 Å². The van der Waals surface area contributed by atoms with Crippen molar-refractivity contribution in [2.75, 3.05) is 0 Å². The van der Waals surface area contributed by atoms with E-state index in [1.807, 2.05) is 42.5 Å². The molecule has 7 aromatic rings. The van der Waals surface area contributed by atoms with Crippen molar-refractivity contribution in [3.8, 4) is 66.8 Å². The fraction of sp³-hybridized carbons (Fsp3) is 0.0233. The van der Waals surface area contributed by atoms with E-state index >= 15 is 0 Å². The maximum Gasteiger partial charge on any atom is 0.0636 e. The molecule has 0 aliphatic rings. The lowest BCUT2D eigenvalue weighted by molar-refractivity contribution is 1.47. The van der Waals surface area contributed by atoms with E-state index in [0.717, 1.165) is 16.7 Å². The highest BCUT2D eigenvalue weighted by atomic mass is 14.1. The van der Waals surface area contributed by atoms with E-state index in [2.05, 4.69) is 0 Å². The predicted octanol–water partition coefficient (Wildman–Crippen LogP) is 12.0. The topological polar surface area (TPSA) is 0 Å². The maximum absolute atomic E-state index is 9.08. The lowest BCUT2D eigenvalue weighted by Gasteiger charge is -2.10. The number of hydrogen-bond donors (Lipinski definition) is 0. The van der Waals surface area contributed by atoms with Gasteiger partial charge in [-0.25, -0.2) is 0 Å². The molecule has 0 N–H and O–H groups in total. The van der Waals surface area contributed by atoms with Gasteiger partial charge in [0.25, 0.3) is 0 Å². The molecule has 43 heavy (non-hydrogen) atoms. The lowest BCUT2D eigenvalue weighted by Crippen LogP contribution is -1.85. The molecule has 0 radical (unpaired) electrons. The summed E-state index contributed by atoms with van der Waals surface area (Å²) in [5.41, 5.74) is 3.47. The molecule has 0 bridgehead atoms. The number of hydrogen-bond acceptors (Lipinski definition) is 0. The van der Waals surface area contributed by atoms with E-state index in [0.29, 0.717) is 16.7 Å². The van der Waals surface area contributed by atoms with Crippen LogP contribution < -0.4 is 0 Å². The van der Waals surface area contributed by atoms with Gasteiger partial charge in [-0.3, -0.25) is 0 Å². The first-order chi connectivity index (χ1) is 27.9. The molecule has 0 aromatic heterocycles. The summed E-state index contributed by atoms with van der Waals surface area (Å²) >= 11 is 0. The van der Waals surface area contributed by atoms with E-state index in [9.17, 15) is 0 Å². The minimum absolute atomic E-state index is 0.0185. The molecule has 0 aliphatic heterocycles. The molecule has 0 amide bonds. The molecule has 0 saturated carbocycles. The molecule has 7 rings (SSSR count). The van der Waals surface area contributed by atoms with E-state index < -0.39 is 60.4 Å². The summed E-state index contributed by atoms with van der Waals surface area (Å²) in [7, 11) is 0. The zero-order chi connectivity index (χ0) is 42.9. The van der Waals surface area contributed by atoms with Crippen LogP contribution in [0.5, 0.6) is 0 Å². The molecule has 7 aromatic carbocycles. The van der Waals surface area contributed by atoms with Gasteiger partial charge in [0.15, 0.2) is 0 Å². The van der Waals surface area contributed by atoms with E-state index in [-0.39, 0.29) is 75.2 Å². The minimum Gasteiger partial charge on any atom is -0.0622 e. The number of rotatable bonds is 6. The first kappa shape index (κ1) is 14.1. The summed E-state index contributed by atoms with van der Waals surface area (Å²) in [6.07, 6.45) is 0. The van der Waals surface area contributed by atoms with Crippen molar-refractivity contribution >= 4 is 0 Å². The largest absolute Gasteiger partial charge is 0.0636 e. The Morgan fingerprint density at radius 2 is 0.721 bits per heavy atom. The summed E-state index contributed by atoms with van der Waals surface area (Å²) in [6.45, 7) is 1.49. The molecule has 0 spiro atoms. The summed E-state index contributed by atoms with van der Waals surface area (Å²) in [5, 5.41) is 0. The van der Waals surface area contributed by atoms with Crippen LogP contribution in [0.15, 0.2) is 176 Å². The number of benzene rings is 7. The van der Waals surface area contributed by atoms with Gasteiger partial charge in [0.1, 0.15) is 0 Å². The molecule has 0 saturated heterocycles. The molecule has 0 heterocycles. The van der Waals surface area contributed by atoms with Crippen LogP contribution in [0.3, 0.4) is 0 Å². The Hall–Kier alpha value is -5.46. The van der Waals surface area contributed by atoms with Gasteiger partial charge in [0.05, 0.1) is 21.9 Å². The monoisotopic (exact) mass is 564 g/mol. The highest BCUT2D eigenvalue weighted by Crippen LogP contribution is 2.33. The third kappa shape index (κ3) is 5.82. The summed E-state index contributed by atoms with van der Waals surface area (Å²) in [4.78, 5) is 0. The second-order valence-electron chi connectivity index (χ2n) is 9.84. The Bertz CT molecular complexity index is 2840. The average molecular weight is 565 g/mol. The summed E-state index contributed by atoms with van der Waals surface area (Å²) in [6, 6.07) is 15.7. The maximum atomic E-state index is 9.08. The van der Waals surface area contributed by atoms with E-state index in [4.69, 9.17) is 21.9 Å². The van der Waals surface area contributed by atoms with Gasteiger partial charge < -0.3 is 0 Å². The van der Waals surface area contributed by atoms with Gasteiger partial charge in [0, 0.05) is 0 Å². The molecule has 204 valence electrons. The molecule has 0 unspecified atom stereocenters. The molecular weight excluding hydrogens is 516 g/mol. The molecule has 0 fully saturated rings. The Morgan fingerprint density at radius 3 is 1.30 bits per heavy atom. The predicted molar refractivity (Wildman–Crippen MR) is 184 cm³/mol. The second-order valence-corrected chi connectivity index (χ2v) is 9.84. The summed E-state index contributed by atoms with van der Waals surface area (Å²) < 4.78 is 136. The van der Waals surface area contributed by atoms with E-state index in [1.165, 1.54) is 13.0 Å². The van der Waals surface area contributed by atoms with Gasteiger partial charge in [-0.1, -0.05) is 157 Å². The van der Waals surface area contributed by atoms with Crippen LogP contribution in [-0.4, -0.2) is 0 Å². The quantitative estimate of drug-likeness (QED) is 0.188. The minimum atomic E-state index is -0.641. The molecule has 0 aliphatic carbocycles. The first-order valence-corrected chi connectivity index (χ1v) is 13.5. The van der Waals surface area contributed by atoms with Gasteiger partial charge in [-0.2, -0.15) is 0 Å². The third-order valence-corrected chi connectivity index (χ3v) is 6.95. The van der Waals surface area contributed by atoms with Crippen LogP contribution in [0.1, 0.15) is 27.5 Å².